The minimum absolute atomic E-state index is 0.127. The number of aromatic nitrogens is 1. The average Bonchev–Trinajstić information content (AvgIpc) is 3.24. The number of hydrogen-bond acceptors (Lipinski definition) is 3. The molecule has 278 valence electrons. The van der Waals surface area contributed by atoms with Crippen molar-refractivity contribution in [2.24, 2.45) is 9.98 Å². The summed E-state index contributed by atoms with van der Waals surface area (Å²) in [6.45, 7) is 10.7. The highest BCUT2D eigenvalue weighted by atomic mass is 35.5. The Balaban J connectivity index is 1.45. The van der Waals surface area contributed by atoms with Crippen LogP contribution in [-0.4, -0.2) is 16.4 Å². The molecule has 0 saturated heterocycles. The van der Waals surface area contributed by atoms with Crippen LogP contribution in [0.4, 0.5) is 11.4 Å². The van der Waals surface area contributed by atoms with Gasteiger partial charge in [0.05, 0.1) is 34.2 Å². The molecule has 1 heterocycles. The third kappa shape index (κ3) is 8.49. The topological polar surface area (TPSA) is 37.6 Å². The fraction of sp³-hybridized carbons (Fsp3) is 0.173. The Morgan fingerprint density at radius 3 is 1.21 bits per heavy atom. The number of pyridine rings is 1. The van der Waals surface area contributed by atoms with Crippen molar-refractivity contribution < 1.29 is 0 Å². The van der Waals surface area contributed by atoms with E-state index in [-0.39, 0.29) is 11.8 Å². The van der Waals surface area contributed by atoms with Crippen LogP contribution in [-0.2, 0) is 12.8 Å². The predicted molar refractivity (Wildman–Crippen MR) is 237 cm³/mol. The van der Waals surface area contributed by atoms with Gasteiger partial charge in [-0.05, 0) is 102 Å². The van der Waals surface area contributed by atoms with Gasteiger partial charge in [0.15, 0.2) is 0 Å². The lowest BCUT2D eigenvalue weighted by molar-refractivity contribution is 0.938. The number of rotatable bonds is 12. The standard InChI is InChI=1S/C52H48ClN3/c1-6-38-31-35(3)32-39(7-2)51(38)54-36(4)47-29-20-30-48(56-47)37(5)55-52-45(49(40-21-12-8-13-22-40)41-23-14-9-15-24-41)33-44(53)34-46(52)50(42-25-16-10-17-26-42)43-27-18-11-19-28-43/h8-34,49-50H,6-7H2,1-5H3. The number of hydrogen-bond donors (Lipinski definition) is 0. The van der Waals surface area contributed by atoms with Gasteiger partial charge in [-0.3, -0.25) is 9.98 Å². The first-order valence-electron chi connectivity index (χ1n) is 19.6. The summed E-state index contributed by atoms with van der Waals surface area (Å²) in [7, 11) is 0. The maximum absolute atomic E-state index is 7.21. The van der Waals surface area contributed by atoms with Crippen molar-refractivity contribution in [1.29, 1.82) is 0 Å². The van der Waals surface area contributed by atoms with Crippen LogP contribution in [0.3, 0.4) is 0 Å². The molecule has 0 bridgehead atoms. The van der Waals surface area contributed by atoms with Crippen molar-refractivity contribution in [3.63, 3.8) is 0 Å². The van der Waals surface area contributed by atoms with Crippen molar-refractivity contribution in [3.05, 3.63) is 230 Å². The van der Waals surface area contributed by atoms with Gasteiger partial charge in [-0.1, -0.05) is 171 Å². The lowest BCUT2D eigenvalue weighted by Crippen LogP contribution is -2.10. The summed E-state index contributed by atoms with van der Waals surface area (Å²) in [5, 5.41) is 0.668. The molecular weight excluding hydrogens is 702 g/mol. The van der Waals surface area contributed by atoms with E-state index in [1.54, 1.807) is 0 Å². The molecule has 0 spiro atoms. The molecule has 0 N–H and O–H groups in total. The Morgan fingerprint density at radius 1 is 0.500 bits per heavy atom. The summed E-state index contributed by atoms with van der Waals surface area (Å²) in [6, 6.07) is 57.5. The number of aryl methyl sites for hydroxylation is 3. The van der Waals surface area contributed by atoms with Crippen LogP contribution in [0.5, 0.6) is 0 Å². The van der Waals surface area contributed by atoms with E-state index in [2.05, 4.69) is 186 Å². The van der Waals surface area contributed by atoms with E-state index in [1.165, 1.54) is 16.7 Å². The molecule has 0 unspecified atom stereocenters. The Hall–Kier alpha value is -5.90. The summed E-state index contributed by atoms with van der Waals surface area (Å²) in [5.74, 6) is -0.255. The summed E-state index contributed by atoms with van der Waals surface area (Å²) in [5.41, 5.74) is 15.8. The second-order valence-corrected chi connectivity index (χ2v) is 14.8. The second kappa shape index (κ2) is 17.7. The summed E-state index contributed by atoms with van der Waals surface area (Å²) < 4.78 is 0. The molecular formula is C52H48ClN3. The molecule has 3 nitrogen and oxygen atoms in total. The monoisotopic (exact) mass is 749 g/mol. The third-order valence-electron chi connectivity index (χ3n) is 10.5. The van der Waals surface area contributed by atoms with Crippen LogP contribution in [0.25, 0.3) is 0 Å². The Bertz CT molecular complexity index is 2260. The highest BCUT2D eigenvalue weighted by molar-refractivity contribution is 6.31. The van der Waals surface area contributed by atoms with Crippen molar-refractivity contribution in [3.8, 4) is 0 Å². The van der Waals surface area contributed by atoms with E-state index in [9.17, 15) is 0 Å². The Kier molecular flexibility index (Phi) is 12.1. The van der Waals surface area contributed by atoms with Crippen LogP contribution < -0.4 is 0 Å². The molecule has 1 aromatic heterocycles. The molecule has 0 atom stereocenters. The fourth-order valence-electron chi connectivity index (χ4n) is 7.80. The van der Waals surface area contributed by atoms with Crippen molar-refractivity contribution in [2.75, 3.05) is 0 Å². The van der Waals surface area contributed by atoms with Crippen molar-refractivity contribution in [1.82, 2.24) is 4.98 Å². The molecule has 0 aliphatic rings. The number of nitrogens with zero attached hydrogens (tertiary/aromatic N) is 3. The molecule has 0 aliphatic heterocycles. The highest BCUT2D eigenvalue weighted by Gasteiger charge is 2.28. The van der Waals surface area contributed by atoms with E-state index in [1.807, 2.05) is 12.1 Å². The minimum Gasteiger partial charge on any atom is -0.251 e. The summed E-state index contributed by atoms with van der Waals surface area (Å²) in [4.78, 5) is 16.0. The number of halogens is 1. The SMILES string of the molecule is CCc1cc(C)cc(CC)c1N=C(C)c1cccc(C(C)=Nc2c(C(c3ccccc3)c3ccccc3)cc(Cl)cc2C(c2ccccc2)c2ccccc2)n1. The largest absolute Gasteiger partial charge is 0.251 e. The van der Waals surface area contributed by atoms with Crippen LogP contribution >= 0.6 is 11.6 Å². The molecule has 6 aromatic carbocycles. The van der Waals surface area contributed by atoms with Gasteiger partial charge in [0.25, 0.3) is 0 Å². The average molecular weight is 750 g/mol. The normalized spacial score (nSPS) is 12.1. The zero-order valence-electron chi connectivity index (χ0n) is 32.9. The van der Waals surface area contributed by atoms with E-state index in [0.717, 1.165) is 80.4 Å². The zero-order chi connectivity index (χ0) is 39.0. The first kappa shape index (κ1) is 38.4. The van der Waals surface area contributed by atoms with Gasteiger partial charge in [0.2, 0.25) is 0 Å². The fourth-order valence-corrected chi connectivity index (χ4v) is 8.04. The molecule has 0 radical (unpaired) electrons. The van der Waals surface area contributed by atoms with Crippen LogP contribution in [0.1, 0.15) is 101 Å². The highest BCUT2D eigenvalue weighted by Crippen LogP contribution is 2.46. The van der Waals surface area contributed by atoms with Gasteiger partial charge in [-0.2, -0.15) is 0 Å². The number of benzene rings is 6. The van der Waals surface area contributed by atoms with Crippen LogP contribution in [0, 0.1) is 6.92 Å². The molecule has 0 aliphatic carbocycles. The minimum atomic E-state index is -0.127. The number of aliphatic imine (C=N–C) groups is 2. The lowest BCUT2D eigenvalue weighted by atomic mass is 9.79. The van der Waals surface area contributed by atoms with Gasteiger partial charge >= 0.3 is 0 Å². The smallest absolute Gasteiger partial charge is 0.0849 e. The van der Waals surface area contributed by atoms with Crippen molar-refractivity contribution in [2.45, 2.75) is 59.3 Å². The quantitative estimate of drug-likeness (QED) is 0.0905. The van der Waals surface area contributed by atoms with Crippen LogP contribution in [0.2, 0.25) is 5.02 Å². The molecule has 4 heteroatoms. The second-order valence-electron chi connectivity index (χ2n) is 14.4. The predicted octanol–water partition coefficient (Wildman–Crippen LogP) is 13.8. The van der Waals surface area contributed by atoms with Gasteiger partial charge in [-0.15, -0.1) is 0 Å². The Labute approximate surface area is 337 Å². The van der Waals surface area contributed by atoms with E-state index < -0.39 is 0 Å². The molecule has 0 saturated carbocycles. The molecule has 0 amide bonds. The van der Waals surface area contributed by atoms with Crippen LogP contribution in [0.15, 0.2) is 174 Å². The zero-order valence-corrected chi connectivity index (χ0v) is 33.6. The molecule has 7 aromatic rings. The maximum Gasteiger partial charge on any atom is 0.0849 e. The maximum atomic E-state index is 7.21. The molecule has 7 rings (SSSR count). The first-order valence-corrected chi connectivity index (χ1v) is 20.0. The van der Waals surface area contributed by atoms with Gasteiger partial charge in [-0.25, -0.2) is 4.98 Å². The van der Waals surface area contributed by atoms with Gasteiger partial charge in [0.1, 0.15) is 0 Å². The van der Waals surface area contributed by atoms with Crippen molar-refractivity contribution >= 4 is 34.4 Å². The van der Waals surface area contributed by atoms with E-state index in [0.29, 0.717) is 5.02 Å². The van der Waals surface area contributed by atoms with E-state index >= 15 is 0 Å². The van der Waals surface area contributed by atoms with E-state index in [4.69, 9.17) is 26.6 Å². The molecule has 0 fully saturated rings. The Morgan fingerprint density at radius 2 is 0.857 bits per heavy atom. The van der Waals surface area contributed by atoms with Gasteiger partial charge < -0.3 is 0 Å². The summed E-state index contributed by atoms with van der Waals surface area (Å²) in [6.07, 6.45) is 1.84. The summed E-state index contributed by atoms with van der Waals surface area (Å²) >= 11 is 7.21. The third-order valence-corrected chi connectivity index (χ3v) is 10.7. The first-order chi connectivity index (χ1) is 27.3. The lowest BCUT2D eigenvalue weighted by Gasteiger charge is -2.27. The molecule has 56 heavy (non-hydrogen) atoms. The van der Waals surface area contributed by atoms with Gasteiger partial charge in [0, 0.05) is 16.9 Å².